The molecule has 6 nitrogen and oxygen atoms in total. The van der Waals surface area contributed by atoms with Gasteiger partial charge < -0.3 is 10.2 Å². The molecule has 33 heavy (non-hydrogen) atoms. The highest BCUT2D eigenvalue weighted by Gasteiger charge is 2.46. The van der Waals surface area contributed by atoms with Gasteiger partial charge >= 0.3 is 6.03 Å². The fraction of sp³-hybridized carbons (Fsp3) is 0.160. The van der Waals surface area contributed by atoms with E-state index in [1.165, 1.54) is 47.4 Å². The molecular formula is C25H21F2N3O3. The minimum Gasteiger partial charge on any atom is -0.326 e. The second-order valence-corrected chi connectivity index (χ2v) is 7.82. The third-order valence-corrected chi connectivity index (χ3v) is 5.36. The van der Waals surface area contributed by atoms with E-state index in [0.717, 1.165) is 10.5 Å². The minimum atomic E-state index is -1.08. The van der Waals surface area contributed by atoms with Gasteiger partial charge in [-0.15, -0.1) is 0 Å². The lowest BCUT2D eigenvalue weighted by molar-refractivity contribution is -0.124. The molecule has 0 spiro atoms. The topological polar surface area (TPSA) is 69.7 Å². The number of hydrogen-bond donors (Lipinski definition) is 1. The summed E-state index contributed by atoms with van der Waals surface area (Å²) < 4.78 is 26.8. The molecule has 8 heteroatoms. The zero-order valence-electron chi connectivity index (χ0n) is 17.8. The molecule has 3 aromatic carbocycles. The summed E-state index contributed by atoms with van der Waals surface area (Å²) in [4.78, 5) is 41.5. The summed E-state index contributed by atoms with van der Waals surface area (Å²) in [6, 6.07) is 16.1. The Morgan fingerprint density at radius 2 is 1.64 bits per heavy atom. The number of imide groups is 1. The monoisotopic (exact) mass is 449 g/mol. The highest BCUT2D eigenvalue weighted by Crippen LogP contribution is 2.29. The maximum absolute atomic E-state index is 13.7. The molecule has 4 rings (SSSR count). The van der Waals surface area contributed by atoms with Crippen LogP contribution in [0.4, 0.5) is 25.0 Å². The number of nitrogens with zero attached hydrogens (tertiary/aromatic N) is 2. The zero-order valence-corrected chi connectivity index (χ0v) is 17.8. The lowest BCUT2D eigenvalue weighted by Crippen LogP contribution is -2.37. The van der Waals surface area contributed by atoms with Crippen molar-refractivity contribution in [3.8, 4) is 0 Å². The average molecular weight is 449 g/mol. The molecule has 168 valence electrons. The Kier molecular flexibility index (Phi) is 6.17. The van der Waals surface area contributed by atoms with Crippen molar-refractivity contribution in [2.24, 2.45) is 0 Å². The smallest absolute Gasteiger partial charge is 0.326 e. The van der Waals surface area contributed by atoms with Gasteiger partial charge in [0.15, 0.2) is 0 Å². The highest BCUT2D eigenvalue weighted by molar-refractivity contribution is 6.22. The van der Waals surface area contributed by atoms with Gasteiger partial charge in [0.25, 0.3) is 5.91 Å². The first kappa shape index (κ1) is 22.1. The number of benzene rings is 3. The predicted molar refractivity (Wildman–Crippen MR) is 119 cm³/mol. The molecule has 1 atom stereocenters. The van der Waals surface area contributed by atoms with Gasteiger partial charge in [0, 0.05) is 12.2 Å². The molecule has 1 aliphatic rings. The SMILES string of the molecule is Cc1ccc(N2C(=O)C(CC(=O)Nc3ccc(F)cc3)N(Cc3cccc(F)c3)C2=O)cc1. The predicted octanol–water partition coefficient (Wildman–Crippen LogP) is 4.64. The Morgan fingerprint density at radius 3 is 2.30 bits per heavy atom. The van der Waals surface area contributed by atoms with Crippen molar-refractivity contribution in [2.45, 2.75) is 25.9 Å². The van der Waals surface area contributed by atoms with Crippen LogP contribution in [0.3, 0.4) is 0 Å². The number of amides is 4. The number of hydrogen-bond acceptors (Lipinski definition) is 3. The molecule has 4 amide bonds. The first-order valence-electron chi connectivity index (χ1n) is 10.3. The molecule has 0 bridgehead atoms. The lowest BCUT2D eigenvalue weighted by atomic mass is 10.1. The molecule has 0 aromatic heterocycles. The van der Waals surface area contributed by atoms with Crippen molar-refractivity contribution >= 4 is 29.2 Å². The fourth-order valence-corrected chi connectivity index (χ4v) is 3.70. The van der Waals surface area contributed by atoms with Gasteiger partial charge in [-0.1, -0.05) is 29.8 Å². The van der Waals surface area contributed by atoms with Crippen molar-refractivity contribution in [2.75, 3.05) is 10.2 Å². The van der Waals surface area contributed by atoms with Crippen molar-refractivity contribution in [3.63, 3.8) is 0 Å². The van der Waals surface area contributed by atoms with E-state index in [4.69, 9.17) is 0 Å². The molecule has 0 saturated carbocycles. The van der Waals surface area contributed by atoms with Crippen LogP contribution in [0, 0.1) is 18.6 Å². The van der Waals surface area contributed by atoms with E-state index < -0.39 is 35.5 Å². The largest absolute Gasteiger partial charge is 0.332 e. The minimum absolute atomic E-state index is 0.0425. The maximum Gasteiger partial charge on any atom is 0.332 e. The van der Waals surface area contributed by atoms with E-state index in [2.05, 4.69) is 5.32 Å². The standard InChI is InChI=1S/C25H21F2N3O3/c1-16-5-11-21(12-6-16)30-24(32)22(14-23(31)28-20-9-7-18(26)8-10-20)29(25(30)33)15-17-3-2-4-19(27)13-17/h2-13,22H,14-15H2,1H3,(H,28,31). The molecule has 1 N–H and O–H groups in total. The Bertz CT molecular complexity index is 1200. The van der Waals surface area contributed by atoms with Gasteiger partial charge in [0.05, 0.1) is 12.1 Å². The Balaban J connectivity index is 1.60. The van der Waals surface area contributed by atoms with E-state index in [9.17, 15) is 23.2 Å². The van der Waals surface area contributed by atoms with Crippen LogP contribution in [-0.4, -0.2) is 28.8 Å². The Hall–Kier alpha value is -4.07. The fourth-order valence-electron chi connectivity index (χ4n) is 3.70. The quantitative estimate of drug-likeness (QED) is 0.558. The second kappa shape index (κ2) is 9.20. The zero-order chi connectivity index (χ0) is 23.5. The summed E-state index contributed by atoms with van der Waals surface area (Å²) in [6.07, 6.45) is -0.306. The van der Waals surface area contributed by atoms with Crippen molar-refractivity contribution in [1.82, 2.24) is 4.90 Å². The number of anilines is 2. The van der Waals surface area contributed by atoms with Crippen LogP contribution in [0.1, 0.15) is 17.5 Å². The first-order chi connectivity index (χ1) is 15.8. The number of nitrogens with one attached hydrogen (secondary N) is 1. The van der Waals surface area contributed by atoms with Crippen LogP contribution in [0.2, 0.25) is 0 Å². The summed E-state index contributed by atoms with van der Waals surface area (Å²) in [6.45, 7) is 1.84. The summed E-state index contributed by atoms with van der Waals surface area (Å²) in [5.41, 5.74) is 2.21. The number of carbonyl (C=O) groups excluding carboxylic acids is 3. The van der Waals surface area contributed by atoms with Crippen molar-refractivity contribution < 1.29 is 23.2 Å². The number of halogens is 2. The lowest BCUT2D eigenvalue weighted by Gasteiger charge is -2.21. The van der Waals surface area contributed by atoms with Gasteiger partial charge in [0.2, 0.25) is 5.91 Å². The molecule has 3 aromatic rings. The van der Waals surface area contributed by atoms with E-state index in [1.54, 1.807) is 30.3 Å². The van der Waals surface area contributed by atoms with Gasteiger partial charge in [-0.05, 0) is 61.0 Å². The van der Waals surface area contributed by atoms with Crippen LogP contribution in [0.5, 0.6) is 0 Å². The van der Waals surface area contributed by atoms with E-state index >= 15 is 0 Å². The average Bonchev–Trinajstić information content (AvgIpc) is 3.00. The number of urea groups is 1. The van der Waals surface area contributed by atoms with Crippen molar-refractivity contribution in [1.29, 1.82) is 0 Å². The molecular weight excluding hydrogens is 428 g/mol. The molecule has 1 aliphatic heterocycles. The highest BCUT2D eigenvalue weighted by atomic mass is 19.1. The first-order valence-corrected chi connectivity index (χ1v) is 10.3. The van der Waals surface area contributed by atoms with E-state index in [1.807, 2.05) is 6.92 Å². The van der Waals surface area contributed by atoms with Gasteiger partial charge in [-0.2, -0.15) is 0 Å². The van der Waals surface area contributed by atoms with Crippen LogP contribution in [0.25, 0.3) is 0 Å². The molecule has 0 aliphatic carbocycles. The summed E-state index contributed by atoms with van der Waals surface area (Å²) in [5.74, 6) is -1.97. The van der Waals surface area contributed by atoms with Crippen molar-refractivity contribution in [3.05, 3.63) is 95.6 Å². The molecule has 0 radical (unpaired) electrons. The van der Waals surface area contributed by atoms with Gasteiger partial charge in [-0.25, -0.2) is 18.5 Å². The molecule has 1 saturated heterocycles. The van der Waals surface area contributed by atoms with Crippen LogP contribution < -0.4 is 10.2 Å². The molecule has 1 fully saturated rings. The summed E-state index contributed by atoms with van der Waals surface area (Å²) in [5, 5.41) is 2.61. The third kappa shape index (κ3) is 4.90. The summed E-state index contributed by atoms with van der Waals surface area (Å²) in [7, 11) is 0. The van der Waals surface area contributed by atoms with Crippen LogP contribution in [-0.2, 0) is 16.1 Å². The number of aryl methyl sites for hydroxylation is 1. The maximum atomic E-state index is 13.7. The van der Waals surface area contributed by atoms with Crippen LogP contribution in [0.15, 0.2) is 72.8 Å². The second-order valence-electron chi connectivity index (χ2n) is 7.82. The van der Waals surface area contributed by atoms with E-state index in [-0.39, 0.29) is 13.0 Å². The third-order valence-electron chi connectivity index (χ3n) is 5.36. The summed E-state index contributed by atoms with van der Waals surface area (Å²) >= 11 is 0. The van der Waals surface area contributed by atoms with Gasteiger partial charge in [0.1, 0.15) is 17.7 Å². The number of carbonyl (C=O) groups is 3. The van der Waals surface area contributed by atoms with E-state index in [0.29, 0.717) is 16.9 Å². The number of rotatable bonds is 6. The van der Waals surface area contributed by atoms with Gasteiger partial charge in [-0.3, -0.25) is 9.59 Å². The molecule has 1 unspecified atom stereocenters. The van der Waals surface area contributed by atoms with Crippen LogP contribution >= 0.6 is 0 Å². The molecule has 1 heterocycles. The Morgan fingerprint density at radius 1 is 0.939 bits per heavy atom. The normalized spacial score (nSPS) is 15.8. The Labute approximate surface area is 189 Å².